The summed E-state index contributed by atoms with van der Waals surface area (Å²) in [5.41, 5.74) is 6.36. The van der Waals surface area contributed by atoms with E-state index >= 15 is 0 Å². The normalized spacial score (nSPS) is 12.1. The monoisotopic (exact) mass is 231 g/mol. The van der Waals surface area contributed by atoms with E-state index < -0.39 is 0 Å². The number of anilines is 1. The maximum atomic E-state index is 11.8. The van der Waals surface area contributed by atoms with Gasteiger partial charge in [0, 0.05) is 0 Å². The molecule has 0 radical (unpaired) electrons. The maximum Gasteiger partial charge on any atom is 0.270 e. The lowest BCUT2D eigenvalue weighted by Gasteiger charge is -2.10. The Morgan fingerprint density at radius 3 is 2.88 bits per heavy atom. The van der Waals surface area contributed by atoms with Crippen LogP contribution in [0.4, 0.5) is 5.69 Å². The van der Waals surface area contributed by atoms with Gasteiger partial charge >= 0.3 is 0 Å². The van der Waals surface area contributed by atoms with Gasteiger partial charge < -0.3 is 15.5 Å². The van der Waals surface area contributed by atoms with E-state index in [0.717, 1.165) is 0 Å². The van der Waals surface area contributed by atoms with Crippen LogP contribution in [0.3, 0.4) is 0 Å². The number of rotatable bonds is 3. The minimum atomic E-state index is -0.256. The predicted molar refractivity (Wildman–Crippen MR) is 63.2 cm³/mol. The molecule has 0 saturated heterocycles. The van der Waals surface area contributed by atoms with Gasteiger partial charge in [0.1, 0.15) is 11.5 Å². The van der Waals surface area contributed by atoms with Crippen LogP contribution in [-0.2, 0) is 0 Å². The molecule has 5 heteroatoms. The lowest BCUT2D eigenvalue weighted by molar-refractivity contribution is 0.0930. The van der Waals surface area contributed by atoms with Gasteiger partial charge in [-0.1, -0.05) is 0 Å². The highest BCUT2D eigenvalue weighted by Crippen LogP contribution is 2.12. The van der Waals surface area contributed by atoms with Crippen LogP contribution in [0.25, 0.3) is 0 Å². The largest absolute Gasteiger partial charge is 0.467 e. The fraction of sp³-hybridized carbons (Fsp3) is 0.167. The van der Waals surface area contributed by atoms with E-state index in [1.165, 1.54) is 6.20 Å². The van der Waals surface area contributed by atoms with Crippen LogP contribution in [-0.4, -0.2) is 10.9 Å². The Bertz CT molecular complexity index is 491. The average Bonchev–Trinajstić information content (AvgIpc) is 2.83. The Morgan fingerprint density at radius 2 is 2.29 bits per heavy atom. The summed E-state index contributed by atoms with van der Waals surface area (Å²) in [5.74, 6) is 0.447. The Balaban J connectivity index is 2.04. The Hall–Kier alpha value is -2.30. The predicted octanol–water partition coefficient (Wildman–Crippen LogP) is 1.75. The number of nitrogens with one attached hydrogen (secondary N) is 1. The topological polar surface area (TPSA) is 81.2 Å². The zero-order valence-corrected chi connectivity index (χ0v) is 9.38. The molecule has 17 heavy (non-hydrogen) atoms. The van der Waals surface area contributed by atoms with Crippen molar-refractivity contribution in [3.05, 3.63) is 48.2 Å². The number of carbonyl (C=O) groups is 1. The van der Waals surface area contributed by atoms with Gasteiger partial charge in [-0.3, -0.25) is 4.79 Å². The van der Waals surface area contributed by atoms with E-state index in [1.54, 1.807) is 30.5 Å². The van der Waals surface area contributed by atoms with Gasteiger partial charge in [-0.25, -0.2) is 4.98 Å². The highest BCUT2D eigenvalue weighted by atomic mass is 16.3. The van der Waals surface area contributed by atoms with Gasteiger partial charge in [-0.15, -0.1) is 0 Å². The Kier molecular flexibility index (Phi) is 3.09. The molecule has 0 bridgehead atoms. The Labute approximate surface area is 98.6 Å². The van der Waals surface area contributed by atoms with Crippen LogP contribution in [0.5, 0.6) is 0 Å². The first-order chi connectivity index (χ1) is 8.16. The number of amides is 1. The molecule has 5 nitrogen and oxygen atoms in total. The highest BCUT2D eigenvalue weighted by Gasteiger charge is 2.13. The quantitative estimate of drug-likeness (QED) is 0.843. The van der Waals surface area contributed by atoms with Crippen molar-refractivity contribution >= 4 is 11.6 Å². The summed E-state index contributed by atoms with van der Waals surface area (Å²) in [7, 11) is 0. The summed E-state index contributed by atoms with van der Waals surface area (Å²) in [6.07, 6.45) is 3.02. The molecule has 0 aliphatic heterocycles. The molecule has 0 spiro atoms. The number of hydrogen-bond donors (Lipinski definition) is 2. The van der Waals surface area contributed by atoms with Gasteiger partial charge in [-0.05, 0) is 31.2 Å². The first-order valence-electron chi connectivity index (χ1n) is 5.22. The summed E-state index contributed by atoms with van der Waals surface area (Å²) in [6, 6.07) is 6.61. The molecule has 3 N–H and O–H groups in total. The van der Waals surface area contributed by atoms with Crippen LogP contribution in [0.15, 0.2) is 41.1 Å². The molecule has 0 unspecified atom stereocenters. The number of aromatic nitrogens is 1. The standard InChI is InChI=1S/C12H13N3O2/c1-8(11-3-2-6-17-11)15-12(16)10-5-4-9(13)7-14-10/h2-8H,13H2,1H3,(H,15,16)/t8-/m1/s1. The van der Waals surface area contributed by atoms with Crippen molar-refractivity contribution in [1.29, 1.82) is 0 Å². The van der Waals surface area contributed by atoms with Crippen LogP contribution < -0.4 is 11.1 Å². The Morgan fingerprint density at radius 1 is 1.47 bits per heavy atom. The third-order valence-electron chi connectivity index (χ3n) is 2.34. The van der Waals surface area contributed by atoms with E-state index in [-0.39, 0.29) is 11.9 Å². The summed E-state index contributed by atoms with van der Waals surface area (Å²) in [6.45, 7) is 1.84. The third kappa shape index (κ3) is 2.63. The number of nitrogens with zero attached hydrogens (tertiary/aromatic N) is 1. The second-order valence-corrected chi connectivity index (χ2v) is 3.69. The minimum absolute atomic E-state index is 0.197. The lowest BCUT2D eigenvalue weighted by atomic mass is 10.2. The molecule has 2 aromatic rings. The van der Waals surface area contributed by atoms with E-state index in [1.807, 2.05) is 6.92 Å². The summed E-state index contributed by atoms with van der Waals surface area (Å²) < 4.78 is 5.20. The lowest BCUT2D eigenvalue weighted by Crippen LogP contribution is -2.27. The van der Waals surface area contributed by atoms with Crippen molar-refractivity contribution < 1.29 is 9.21 Å². The van der Waals surface area contributed by atoms with Crippen molar-refractivity contribution in [1.82, 2.24) is 10.3 Å². The molecule has 88 valence electrons. The molecule has 0 aromatic carbocycles. The van der Waals surface area contributed by atoms with E-state index in [4.69, 9.17) is 10.2 Å². The van der Waals surface area contributed by atoms with E-state index in [2.05, 4.69) is 10.3 Å². The average molecular weight is 231 g/mol. The van der Waals surface area contributed by atoms with Crippen LogP contribution in [0.1, 0.15) is 29.2 Å². The molecular formula is C12H13N3O2. The second-order valence-electron chi connectivity index (χ2n) is 3.69. The summed E-state index contributed by atoms with van der Waals surface area (Å²) in [5, 5.41) is 2.78. The van der Waals surface area contributed by atoms with Gasteiger partial charge in [-0.2, -0.15) is 0 Å². The summed E-state index contributed by atoms with van der Waals surface area (Å²) in [4.78, 5) is 15.8. The molecule has 1 atom stereocenters. The molecule has 2 rings (SSSR count). The number of furan rings is 1. The molecule has 0 aliphatic carbocycles. The fourth-order valence-electron chi connectivity index (χ4n) is 1.42. The summed E-state index contributed by atoms with van der Waals surface area (Å²) >= 11 is 0. The van der Waals surface area contributed by atoms with Crippen molar-refractivity contribution in [3.8, 4) is 0 Å². The maximum absolute atomic E-state index is 11.8. The van der Waals surface area contributed by atoms with Crippen molar-refractivity contribution in [2.24, 2.45) is 0 Å². The highest BCUT2D eigenvalue weighted by molar-refractivity contribution is 5.92. The third-order valence-corrected chi connectivity index (χ3v) is 2.34. The number of carbonyl (C=O) groups excluding carboxylic acids is 1. The van der Waals surface area contributed by atoms with Crippen molar-refractivity contribution in [3.63, 3.8) is 0 Å². The number of hydrogen-bond acceptors (Lipinski definition) is 4. The van der Waals surface area contributed by atoms with Crippen molar-refractivity contribution in [2.45, 2.75) is 13.0 Å². The SMILES string of the molecule is C[C@@H](NC(=O)c1ccc(N)cn1)c1ccco1. The molecule has 1 amide bonds. The molecule has 0 aliphatic rings. The van der Waals surface area contributed by atoms with Crippen LogP contribution in [0, 0.1) is 0 Å². The number of pyridine rings is 1. The number of nitrogen functional groups attached to an aromatic ring is 1. The van der Waals surface area contributed by atoms with Gasteiger partial charge in [0.15, 0.2) is 0 Å². The second kappa shape index (κ2) is 4.69. The first-order valence-corrected chi connectivity index (χ1v) is 5.22. The molecular weight excluding hydrogens is 218 g/mol. The van der Waals surface area contributed by atoms with E-state index in [9.17, 15) is 4.79 Å². The molecule has 2 aromatic heterocycles. The molecule has 0 saturated carbocycles. The zero-order chi connectivity index (χ0) is 12.3. The minimum Gasteiger partial charge on any atom is -0.467 e. The fourth-order valence-corrected chi connectivity index (χ4v) is 1.42. The van der Waals surface area contributed by atoms with Crippen LogP contribution >= 0.6 is 0 Å². The smallest absolute Gasteiger partial charge is 0.270 e. The molecule has 2 heterocycles. The molecule has 0 fully saturated rings. The van der Waals surface area contributed by atoms with Gasteiger partial charge in [0.05, 0.1) is 24.2 Å². The van der Waals surface area contributed by atoms with Crippen LogP contribution in [0.2, 0.25) is 0 Å². The zero-order valence-electron chi connectivity index (χ0n) is 9.38. The first kappa shape index (κ1) is 11.2. The van der Waals surface area contributed by atoms with E-state index in [0.29, 0.717) is 17.1 Å². The number of nitrogens with two attached hydrogens (primary N) is 1. The van der Waals surface area contributed by atoms with Gasteiger partial charge in [0.2, 0.25) is 0 Å². The van der Waals surface area contributed by atoms with Gasteiger partial charge in [0.25, 0.3) is 5.91 Å². The van der Waals surface area contributed by atoms with Crippen molar-refractivity contribution in [2.75, 3.05) is 5.73 Å².